The molecule has 2 N–H and O–H groups in total. The molecule has 0 aliphatic carbocycles. The van der Waals surface area contributed by atoms with Crippen molar-refractivity contribution in [1.82, 2.24) is 0 Å². The van der Waals surface area contributed by atoms with E-state index in [1.807, 2.05) is 24.3 Å². The average Bonchev–Trinajstić information content (AvgIpc) is 2.26. The lowest BCUT2D eigenvalue weighted by molar-refractivity contribution is 0.414. The van der Waals surface area contributed by atoms with E-state index in [-0.39, 0.29) is 12.4 Å². The molecule has 0 aromatic heterocycles. The molecular weight excluding hydrogens is 181 g/mol. The van der Waals surface area contributed by atoms with E-state index in [0.717, 1.165) is 11.3 Å². The van der Waals surface area contributed by atoms with Gasteiger partial charge in [0.15, 0.2) is 0 Å². The van der Waals surface area contributed by atoms with Crippen LogP contribution >= 0.6 is 0 Å². The van der Waals surface area contributed by atoms with Crippen LogP contribution in [0.25, 0.3) is 0 Å². The minimum Gasteiger partial charge on any atom is -0.497 e. The van der Waals surface area contributed by atoms with Crippen molar-refractivity contribution in [1.29, 1.82) is 0 Å². The standard InChI is InChI=1S/C11H14FNO/c1-14-11-6-3-9(4-7-11)2-5-10(12)8-13/h3-7H,2,8,13H2,1H3. The molecule has 14 heavy (non-hydrogen) atoms. The lowest BCUT2D eigenvalue weighted by atomic mass is 10.1. The third-order valence-electron chi connectivity index (χ3n) is 1.91. The number of nitrogens with two attached hydrogens (primary N) is 1. The van der Waals surface area contributed by atoms with Crippen LogP contribution in [0, 0.1) is 0 Å². The van der Waals surface area contributed by atoms with Crippen LogP contribution in [-0.2, 0) is 6.42 Å². The maximum Gasteiger partial charge on any atom is 0.118 e. The van der Waals surface area contributed by atoms with E-state index in [0.29, 0.717) is 6.42 Å². The molecule has 0 fully saturated rings. The average molecular weight is 195 g/mol. The van der Waals surface area contributed by atoms with Gasteiger partial charge in [-0.25, -0.2) is 4.39 Å². The Labute approximate surface area is 83.2 Å². The van der Waals surface area contributed by atoms with E-state index < -0.39 is 0 Å². The largest absolute Gasteiger partial charge is 0.497 e. The second-order valence-corrected chi connectivity index (χ2v) is 2.91. The molecule has 0 spiro atoms. The minimum absolute atomic E-state index is 0.0316. The third kappa shape index (κ3) is 3.18. The fourth-order valence-electron chi connectivity index (χ4n) is 1.07. The first kappa shape index (κ1) is 10.7. The number of hydrogen-bond donors (Lipinski definition) is 1. The lowest BCUT2D eigenvalue weighted by Gasteiger charge is -2.00. The highest BCUT2D eigenvalue weighted by molar-refractivity contribution is 5.28. The summed E-state index contributed by atoms with van der Waals surface area (Å²) in [6, 6.07) is 7.51. The van der Waals surface area contributed by atoms with Crippen molar-refractivity contribution in [3.8, 4) is 5.75 Å². The first-order valence-electron chi connectivity index (χ1n) is 4.44. The zero-order chi connectivity index (χ0) is 10.4. The van der Waals surface area contributed by atoms with Crippen molar-refractivity contribution in [3.63, 3.8) is 0 Å². The van der Waals surface area contributed by atoms with E-state index in [9.17, 15) is 4.39 Å². The molecule has 2 nitrogen and oxygen atoms in total. The van der Waals surface area contributed by atoms with Crippen molar-refractivity contribution in [3.05, 3.63) is 41.7 Å². The van der Waals surface area contributed by atoms with Crippen LogP contribution in [0.1, 0.15) is 5.56 Å². The van der Waals surface area contributed by atoms with Gasteiger partial charge in [0, 0.05) is 6.54 Å². The molecule has 1 aromatic carbocycles. The van der Waals surface area contributed by atoms with Gasteiger partial charge < -0.3 is 10.5 Å². The number of hydrogen-bond acceptors (Lipinski definition) is 2. The number of ether oxygens (including phenoxy) is 1. The lowest BCUT2D eigenvalue weighted by Crippen LogP contribution is -1.99. The van der Waals surface area contributed by atoms with Crippen LogP contribution in [0.4, 0.5) is 4.39 Å². The van der Waals surface area contributed by atoms with E-state index >= 15 is 0 Å². The molecule has 76 valence electrons. The number of allylic oxidation sites excluding steroid dienone is 1. The fourth-order valence-corrected chi connectivity index (χ4v) is 1.07. The van der Waals surface area contributed by atoms with Gasteiger partial charge in [0.1, 0.15) is 11.6 Å². The van der Waals surface area contributed by atoms with Crippen LogP contribution in [0.5, 0.6) is 5.75 Å². The Bertz CT molecular complexity index is 306. The monoisotopic (exact) mass is 195 g/mol. The highest BCUT2D eigenvalue weighted by Gasteiger charge is 1.94. The van der Waals surface area contributed by atoms with E-state index in [4.69, 9.17) is 10.5 Å². The Balaban J connectivity index is 2.60. The summed E-state index contributed by atoms with van der Waals surface area (Å²) in [5, 5.41) is 0. The van der Waals surface area contributed by atoms with Gasteiger partial charge in [0.25, 0.3) is 0 Å². The first-order valence-corrected chi connectivity index (χ1v) is 4.44. The van der Waals surface area contributed by atoms with Crippen LogP contribution in [0.2, 0.25) is 0 Å². The molecule has 0 bridgehead atoms. The molecule has 0 aliphatic rings. The summed E-state index contributed by atoms with van der Waals surface area (Å²) < 4.78 is 17.7. The van der Waals surface area contributed by atoms with Gasteiger partial charge in [-0.1, -0.05) is 12.1 Å². The quantitative estimate of drug-likeness (QED) is 0.798. The highest BCUT2D eigenvalue weighted by Crippen LogP contribution is 2.12. The molecule has 0 radical (unpaired) electrons. The van der Waals surface area contributed by atoms with E-state index in [1.165, 1.54) is 6.08 Å². The van der Waals surface area contributed by atoms with Crippen molar-refractivity contribution < 1.29 is 9.13 Å². The Kier molecular flexibility index (Phi) is 4.13. The Morgan fingerprint density at radius 1 is 1.43 bits per heavy atom. The van der Waals surface area contributed by atoms with Gasteiger partial charge in [-0.3, -0.25) is 0 Å². The van der Waals surface area contributed by atoms with Gasteiger partial charge in [0.2, 0.25) is 0 Å². The zero-order valence-corrected chi connectivity index (χ0v) is 8.16. The van der Waals surface area contributed by atoms with Crippen LogP contribution < -0.4 is 10.5 Å². The van der Waals surface area contributed by atoms with Crippen molar-refractivity contribution in [2.24, 2.45) is 5.73 Å². The minimum atomic E-state index is -0.277. The molecule has 0 atom stereocenters. The number of benzene rings is 1. The summed E-state index contributed by atoms with van der Waals surface area (Å²) in [6.07, 6.45) is 2.05. The first-order chi connectivity index (χ1) is 6.76. The summed E-state index contributed by atoms with van der Waals surface area (Å²) in [7, 11) is 1.61. The van der Waals surface area contributed by atoms with Gasteiger partial charge in [-0.2, -0.15) is 0 Å². The molecule has 1 aromatic rings. The predicted molar refractivity (Wildman–Crippen MR) is 54.9 cm³/mol. The Morgan fingerprint density at radius 2 is 2.07 bits per heavy atom. The molecule has 3 heteroatoms. The van der Waals surface area contributed by atoms with Crippen LogP contribution in [0.3, 0.4) is 0 Å². The van der Waals surface area contributed by atoms with Gasteiger partial charge >= 0.3 is 0 Å². The van der Waals surface area contributed by atoms with Gasteiger partial charge in [-0.05, 0) is 30.2 Å². The molecule has 0 heterocycles. The topological polar surface area (TPSA) is 35.2 Å². The van der Waals surface area contributed by atoms with Crippen molar-refractivity contribution >= 4 is 0 Å². The highest BCUT2D eigenvalue weighted by atomic mass is 19.1. The number of rotatable bonds is 4. The number of methoxy groups -OCH3 is 1. The second-order valence-electron chi connectivity index (χ2n) is 2.91. The Hall–Kier alpha value is -1.35. The third-order valence-corrected chi connectivity index (χ3v) is 1.91. The second kappa shape index (κ2) is 5.40. The summed E-state index contributed by atoms with van der Waals surface area (Å²) in [6.45, 7) is -0.0316. The number of halogens is 1. The summed E-state index contributed by atoms with van der Waals surface area (Å²) in [5.41, 5.74) is 6.16. The summed E-state index contributed by atoms with van der Waals surface area (Å²) in [4.78, 5) is 0. The van der Waals surface area contributed by atoms with Gasteiger partial charge in [-0.15, -0.1) is 0 Å². The normalized spacial score (nSPS) is 11.5. The van der Waals surface area contributed by atoms with Gasteiger partial charge in [0.05, 0.1) is 7.11 Å². The molecule has 0 saturated carbocycles. The molecule has 0 saturated heterocycles. The molecule has 0 amide bonds. The van der Waals surface area contributed by atoms with Crippen molar-refractivity contribution in [2.75, 3.05) is 13.7 Å². The molecule has 0 unspecified atom stereocenters. The summed E-state index contributed by atoms with van der Waals surface area (Å²) in [5.74, 6) is 0.526. The van der Waals surface area contributed by atoms with Crippen molar-refractivity contribution in [2.45, 2.75) is 6.42 Å². The van der Waals surface area contributed by atoms with Crippen LogP contribution in [-0.4, -0.2) is 13.7 Å². The molecule has 1 rings (SSSR count). The van der Waals surface area contributed by atoms with Crippen LogP contribution in [0.15, 0.2) is 36.2 Å². The van der Waals surface area contributed by atoms with E-state index in [2.05, 4.69) is 0 Å². The smallest absolute Gasteiger partial charge is 0.118 e. The Morgan fingerprint density at radius 3 is 2.57 bits per heavy atom. The maximum atomic E-state index is 12.7. The SMILES string of the molecule is COc1ccc(CC=C(F)CN)cc1. The van der Waals surface area contributed by atoms with E-state index in [1.54, 1.807) is 7.11 Å². The molecular formula is C11H14FNO. The molecule has 0 aliphatic heterocycles. The fraction of sp³-hybridized carbons (Fsp3) is 0.273. The maximum absolute atomic E-state index is 12.7. The predicted octanol–water partition coefficient (Wildman–Crippen LogP) is 2.05. The zero-order valence-electron chi connectivity index (χ0n) is 8.16. The summed E-state index contributed by atoms with van der Waals surface area (Å²) >= 11 is 0.